The van der Waals surface area contributed by atoms with Gasteiger partial charge in [-0.3, -0.25) is 5.32 Å². The van der Waals surface area contributed by atoms with E-state index in [-0.39, 0.29) is 11.5 Å². The van der Waals surface area contributed by atoms with Crippen LogP contribution in [-0.4, -0.2) is 49.3 Å². The number of piperazine rings is 1. The molecule has 0 saturated carbocycles. The number of hydrogen-bond donors (Lipinski definition) is 2. The fourth-order valence-electron chi connectivity index (χ4n) is 2.65. The topological polar surface area (TPSA) is 70.8 Å². The van der Waals surface area contributed by atoms with Crippen molar-refractivity contribution in [3.63, 3.8) is 0 Å². The number of anilines is 3. The second-order valence-corrected chi connectivity index (χ2v) is 6.94. The van der Waals surface area contributed by atoms with E-state index in [2.05, 4.69) is 17.1 Å². The van der Waals surface area contributed by atoms with E-state index in [1.807, 2.05) is 4.90 Å². The molecule has 134 valence electrons. The minimum atomic E-state index is -0.613. The minimum absolute atomic E-state index is 0.175. The molecule has 1 aliphatic heterocycles. The smallest absolute Gasteiger partial charge is 0.412 e. The zero-order valence-electron chi connectivity index (χ0n) is 14.9. The highest BCUT2D eigenvalue weighted by atomic mass is 19.1. The molecular formula is C17H27FN4O2. The first-order valence-electron chi connectivity index (χ1n) is 8.26. The van der Waals surface area contributed by atoms with Gasteiger partial charge in [0.15, 0.2) is 0 Å². The third kappa shape index (κ3) is 4.74. The number of amides is 1. The number of nitrogens with two attached hydrogens (primary N) is 1. The van der Waals surface area contributed by atoms with Gasteiger partial charge in [0.2, 0.25) is 0 Å². The number of nitrogens with zero attached hydrogens (tertiary/aromatic N) is 2. The van der Waals surface area contributed by atoms with Gasteiger partial charge in [0, 0.05) is 32.2 Å². The molecule has 1 fully saturated rings. The number of hydrogen-bond acceptors (Lipinski definition) is 5. The third-order valence-electron chi connectivity index (χ3n) is 3.91. The Hall–Kier alpha value is -2.02. The van der Waals surface area contributed by atoms with E-state index in [1.165, 1.54) is 6.07 Å². The number of rotatable bonds is 3. The molecule has 1 amide bonds. The predicted octanol–water partition coefficient (Wildman–Crippen LogP) is 2.90. The molecule has 1 saturated heterocycles. The molecule has 24 heavy (non-hydrogen) atoms. The Morgan fingerprint density at radius 1 is 1.29 bits per heavy atom. The molecule has 0 unspecified atom stereocenters. The Morgan fingerprint density at radius 2 is 1.92 bits per heavy atom. The van der Waals surface area contributed by atoms with Crippen LogP contribution in [0.5, 0.6) is 0 Å². The molecule has 2 rings (SSSR count). The Balaban J connectivity index is 2.15. The number of ether oxygens (including phenoxy) is 1. The van der Waals surface area contributed by atoms with E-state index >= 15 is 0 Å². The highest BCUT2D eigenvalue weighted by Crippen LogP contribution is 2.30. The average molecular weight is 338 g/mol. The summed E-state index contributed by atoms with van der Waals surface area (Å²) >= 11 is 0. The largest absolute Gasteiger partial charge is 0.444 e. The van der Waals surface area contributed by atoms with Crippen LogP contribution < -0.4 is 16.0 Å². The van der Waals surface area contributed by atoms with E-state index in [9.17, 15) is 9.18 Å². The zero-order chi connectivity index (χ0) is 17.9. The monoisotopic (exact) mass is 338 g/mol. The van der Waals surface area contributed by atoms with Crippen LogP contribution in [0.2, 0.25) is 0 Å². The molecule has 0 spiro atoms. The number of halogens is 1. The molecule has 1 aliphatic rings. The maximum atomic E-state index is 14.3. The first-order valence-corrected chi connectivity index (χ1v) is 8.26. The number of benzene rings is 1. The molecular weight excluding hydrogens is 311 g/mol. The van der Waals surface area contributed by atoms with Crippen LogP contribution in [0.3, 0.4) is 0 Å². The molecule has 6 nitrogen and oxygen atoms in total. The Kier molecular flexibility index (Phi) is 5.54. The van der Waals surface area contributed by atoms with Gasteiger partial charge in [0.05, 0.1) is 17.1 Å². The van der Waals surface area contributed by atoms with Crippen molar-refractivity contribution in [2.24, 2.45) is 0 Å². The summed E-state index contributed by atoms with van der Waals surface area (Å²) in [6.07, 6.45) is -0.609. The SMILES string of the molecule is CCN1CCN(c2cc(NC(=O)OC(C)(C)C)c(N)cc2F)CC1. The maximum Gasteiger partial charge on any atom is 0.412 e. The maximum absolute atomic E-state index is 14.3. The van der Waals surface area contributed by atoms with Gasteiger partial charge in [-0.05, 0) is 33.4 Å². The first kappa shape index (κ1) is 18.3. The summed E-state index contributed by atoms with van der Waals surface area (Å²) in [5.74, 6) is -0.382. The summed E-state index contributed by atoms with van der Waals surface area (Å²) in [7, 11) is 0. The fourth-order valence-corrected chi connectivity index (χ4v) is 2.65. The zero-order valence-corrected chi connectivity index (χ0v) is 14.9. The summed E-state index contributed by atoms with van der Waals surface area (Å²) < 4.78 is 19.5. The Labute approximate surface area is 142 Å². The van der Waals surface area contributed by atoms with Crippen molar-refractivity contribution in [1.82, 2.24) is 4.90 Å². The molecule has 3 N–H and O–H groups in total. The fraction of sp³-hybridized carbons (Fsp3) is 0.588. The van der Waals surface area contributed by atoms with Gasteiger partial charge in [0.25, 0.3) is 0 Å². The van der Waals surface area contributed by atoms with Gasteiger partial charge in [-0.2, -0.15) is 0 Å². The molecule has 7 heteroatoms. The summed E-state index contributed by atoms with van der Waals surface area (Å²) in [6.45, 7) is 11.7. The lowest BCUT2D eigenvalue weighted by Gasteiger charge is -2.35. The number of carbonyl (C=O) groups excluding carboxylic acids is 1. The second-order valence-electron chi connectivity index (χ2n) is 6.94. The standard InChI is InChI=1S/C17H27FN4O2/c1-5-21-6-8-22(9-7-21)15-11-14(13(19)10-12(15)18)20-16(23)24-17(2,3)4/h10-11H,5-9,19H2,1-4H3,(H,20,23). The van der Waals surface area contributed by atoms with Gasteiger partial charge in [-0.15, -0.1) is 0 Å². The Morgan fingerprint density at radius 3 is 2.46 bits per heavy atom. The predicted molar refractivity (Wildman–Crippen MR) is 95.0 cm³/mol. The van der Waals surface area contributed by atoms with E-state index in [4.69, 9.17) is 10.5 Å². The van der Waals surface area contributed by atoms with Gasteiger partial charge in [0.1, 0.15) is 11.4 Å². The van der Waals surface area contributed by atoms with Crippen molar-refractivity contribution >= 4 is 23.2 Å². The summed E-state index contributed by atoms with van der Waals surface area (Å²) in [5, 5.41) is 2.60. The van der Waals surface area contributed by atoms with E-state index in [0.29, 0.717) is 11.4 Å². The van der Waals surface area contributed by atoms with Crippen molar-refractivity contribution in [1.29, 1.82) is 0 Å². The highest BCUT2D eigenvalue weighted by Gasteiger charge is 2.22. The van der Waals surface area contributed by atoms with Crippen molar-refractivity contribution in [3.05, 3.63) is 17.9 Å². The van der Waals surface area contributed by atoms with Crippen molar-refractivity contribution in [3.8, 4) is 0 Å². The van der Waals surface area contributed by atoms with E-state index in [0.717, 1.165) is 32.7 Å². The van der Waals surface area contributed by atoms with E-state index < -0.39 is 11.7 Å². The molecule has 0 atom stereocenters. The molecule has 0 aromatic heterocycles. The van der Waals surface area contributed by atoms with Crippen LogP contribution in [0.1, 0.15) is 27.7 Å². The van der Waals surface area contributed by atoms with E-state index in [1.54, 1.807) is 26.8 Å². The van der Waals surface area contributed by atoms with Crippen LogP contribution >= 0.6 is 0 Å². The van der Waals surface area contributed by atoms with Gasteiger partial charge < -0.3 is 20.3 Å². The van der Waals surface area contributed by atoms with Crippen LogP contribution in [0.4, 0.5) is 26.2 Å². The molecule has 0 radical (unpaired) electrons. The minimum Gasteiger partial charge on any atom is -0.444 e. The molecule has 1 aromatic carbocycles. The third-order valence-corrected chi connectivity index (χ3v) is 3.91. The number of likely N-dealkylation sites (N-methyl/N-ethyl adjacent to an activating group) is 1. The summed E-state index contributed by atoms with van der Waals surface area (Å²) in [5.41, 5.74) is 6.21. The quantitative estimate of drug-likeness (QED) is 0.829. The lowest BCUT2D eigenvalue weighted by atomic mass is 10.2. The van der Waals surface area contributed by atoms with Crippen LogP contribution in [0.15, 0.2) is 12.1 Å². The molecule has 0 aliphatic carbocycles. The highest BCUT2D eigenvalue weighted by molar-refractivity contribution is 5.90. The lowest BCUT2D eigenvalue weighted by molar-refractivity contribution is 0.0636. The number of nitrogen functional groups attached to an aromatic ring is 1. The van der Waals surface area contributed by atoms with Crippen molar-refractivity contribution in [2.45, 2.75) is 33.3 Å². The molecule has 1 aromatic rings. The van der Waals surface area contributed by atoms with Gasteiger partial charge in [-0.25, -0.2) is 9.18 Å². The number of carbonyl (C=O) groups is 1. The van der Waals surface area contributed by atoms with Crippen molar-refractivity contribution in [2.75, 3.05) is 48.7 Å². The Bertz CT molecular complexity index is 593. The lowest BCUT2D eigenvalue weighted by Crippen LogP contribution is -2.46. The van der Waals surface area contributed by atoms with Gasteiger partial charge >= 0.3 is 6.09 Å². The summed E-state index contributed by atoms with van der Waals surface area (Å²) in [4.78, 5) is 16.2. The average Bonchev–Trinajstić information content (AvgIpc) is 2.48. The normalized spacial score (nSPS) is 16.1. The van der Waals surface area contributed by atoms with Crippen molar-refractivity contribution < 1.29 is 13.9 Å². The van der Waals surface area contributed by atoms with Gasteiger partial charge in [-0.1, -0.05) is 6.92 Å². The van der Waals surface area contributed by atoms with Crippen LogP contribution in [0, 0.1) is 5.82 Å². The van der Waals surface area contributed by atoms with Crippen LogP contribution in [0.25, 0.3) is 0 Å². The second kappa shape index (κ2) is 7.25. The molecule has 0 bridgehead atoms. The molecule has 1 heterocycles. The summed E-state index contributed by atoms with van der Waals surface area (Å²) in [6, 6.07) is 2.82. The first-order chi connectivity index (χ1) is 11.2. The van der Waals surface area contributed by atoms with Crippen LogP contribution in [-0.2, 0) is 4.74 Å². The number of nitrogens with one attached hydrogen (secondary N) is 1.